The van der Waals surface area contributed by atoms with Crippen LogP contribution in [0, 0.1) is 5.92 Å². The van der Waals surface area contributed by atoms with Gasteiger partial charge in [0.1, 0.15) is 0 Å². The first kappa shape index (κ1) is 10.8. The van der Waals surface area contributed by atoms with Crippen molar-refractivity contribution >= 4 is 17.4 Å². The molecule has 1 heterocycles. The van der Waals surface area contributed by atoms with Crippen molar-refractivity contribution in [2.24, 2.45) is 5.92 Å². The van der Waals surface area contributed by atoms with Gasteiger partial charge in [0.05, 0.1) is 0 Å². The zero-order valence-electron chi connectivity index (χ0n) is 9.36. The van der Waals surface area contributed by atoms with E-state index in [1.54, 1.807) is 11.8 Å². The predicted octanol–water partition coefficient (Wildman–Crippen LogP) is 2.06. The number of thioether (sulfide) groups is 1. The van der Waals surface area contributed by atoms with E-state index in [2.05, 4.69) is 47.8 Å². The lowest BCUT2D eigenvalue weighted by Gasteiger charge is -2.32. The average molecular weight is 222 g/mol. The van der Waals surface area contributed by atoms with Crippen LogP contribution in [0.15, 0.2) is 29.2 Å². The summed E-state index contributed by atoms with van der Waals surface area (Å²) in [5.74, 6) is 0.829. The second-order valence-corrected chi connectivity index (χ2v) is 4.98. The van der Waals surface area contributed by atoms with Crippen LogP contribution >= 0.6 is 11.8 Å². The summed E-state index contributed by atoms with van der Waals surface area (Å²) in [6.45, 7) is 3.51. The molecule has 82 valence electrons. The van der Waals surface area contributed by atoms with Crippen LogP contribution < -0.4 is 10.2 Å². The van der Waals surface area contributed by atoms with E-state index in [-0.39, 0.29) is 0 Å². The molecule has 0 aliphatic carbocycles. The quantitative estimate of drug-likeness (QED) is 0.785. The molecular weight excluding hydrogens is 204 g/mol. The van der Waals surface area contributed by atoms with E-state index in [4.69, 9.17) is 0 Å². The number of nitrogens with one attached hydrogen (secondary N) is 1. The Morgan fingerprint density at radius 3 is 2.47 bits per heavy atom. The Hall–Kier alpha value is -0.670. The fraction of sp³-hybridized carbons (Fsp3) is 0.500. The van der Waals surface area contributed by atoms with Crippen LogP contribution in [0.5, 0.6) is 0 Å². The molecule has 1 N–H and O–H groups in total. The molecular formula is C12H18N2S. The topological polar surface area (TPSA) is 15.3 Å². The van der Waals surface area contributed by atoms with Crippen molar-refractivity contribution in [3.05, 3.63) is 24.3 Å². The van der Waals surface area contributed by atoms with Gasteiger partial charge in [-0.15, -0.1) is 11.8 Å². The molecule has 0 amide bonds. The van der Waals surface area contributed by atoms with Crippen molar-refractivity contribution in [3.63, 3.8) is 0 Å². The van der Waals surface area contributed by atoms with E-state index in [1.165, 1.54) is 23.7 Å². The van der Waals surface area contributed by atoms with E-state index in [9.17, 15) is 0 Å². The highest BCUT2D eigenvalue weighted by atomic mass is 32.2. The van der Waals surface area contributed by atoms with Gasteiger partial charge in [-0.05, 0) is 30.5 Å². The fourth-order valence-electron chi connectivity index (χ4n) is 1.81. The lowest BCUT2D eigenvalue weighted by molar-refractivity contribution is 0.353. The number of rotatable bonds is 4. The Labute approximate surface area is 96.0 Å². The monoisotopic (exact) mass is 222 g/mol. The van der Waals surface area contributed by atoms with Crippen molar-refractivity contribution in [3.8, 4) is 0 Å². The van der Waals surface area contributed by atoms with Crippen molar-refractivity contribution < 1.29 is 0 Å². The third-order valence-electron chi connectivity index (χ3n) is 2.91. The second-order valence-electron chi connectivity index (χ2n) is 4.10. The number of hydrogen-bond donors (Lipinski definition) is 1. The van der Waals surface area contributed by atoms with Crippen LogP contribution in [-0.4, -0.2) is 32.9 Å². The lowest BCUT2D eigenvalue weighted by atomic mass is 10.0. The molecule has 1 aliphatic heterocycles. The molecule has 15 heavy (non-hydrogen) atoms. The van der Waals surface area contributed by atoms with Crippen LogP contribution in [0.2, 0.25) is 0 Å². The molecule has 2 nitrogen and oxygen atoms in total. The molecule has 0 saturated carbocycles. The number of benzene rings is 1. The standard InChI is InChI=1S/C12H18N2S/c1-14(9-10-7-13-8-10)11-3-5-12(15-2)6-4-11/h3-6,10,13H,7-9H2,1-2H3. The van der Waals surface area contributed by atoms with Gasteiger partial charge in [0.15, 0.2) is 0 Å². The maximum absolute atomic E-state index is 3.31. The molecule has 1 aliphatic rings. The summed E-state index contributed by atoms with van der Waals surface area (Å²) in [6, 6.07) is 8.79. The minimum atomic E-state index is 0.829. The molecule has 0 radical (unpaired) electrons. The van der Waals surface area contributed by atoms with Crippen LogP contribution in [0.3, 0.4) is 0 Å². The van der Waals surface area contributed by atoms with E-state index < -0.39 is 0 Å². The van der Waals surface area contributed by atoms with Gasteiger partial charge in [-0.25, -0.2) is 0 Å². The number of nitrogens with zero attached hydrogens (tertiary/aromatic N) is 1. The fourth-order valence-corrected chi connectivity index (χ4v) is 2.22. The van der Waals surface area contributed by atoms with E-state index in [0.29, 0.717) is 0 Å². The Morgan fingerprint density at radius 2 is 2.00 bits per heavy atom. The highest BCUT2D eigenvalue weighted by molar-refractivity contribution is 7.98. The number of hydrogen-bond acceptors (Lipinski definition) is 3. The molecule has 3 heteroatoms. The van der Waals surface area contributed by atoms with Crippen LogP contribution in [0.25, 0.3) is 0 Å². The maximum Gasteiger partial charge on any atom is 0.0364 e. The molecule has 0 atom stereocenters. The summed E-state index contributed by atoms with van der Waals surface area (Å²) in [5, 5.41) is 3.31. The first-order chi connectivity index (χ1) is 7.29. The Bertz CT molecular complexity index is 306. The van der Waals surface area contributed by atoms with Crippen LogP contribution in [0.4, 0.5) is 5.69 Å². The second kappa shape index (κ2) is 4.90. The third kappa shape index (κ3) is 2.67. The summed E-state index contributed by atoms with van der Waals surface area (Å²) in [5.41, 5.74) is 1.32. The van der Waals surface area contributed by atoms with Crippen LogP contribution in [0.1, 0.15) is 0 Å². The third-order valence-corrected chi connectivity index (χ3v) is 3.65. The van der Waals surface area contributed by atoms with E-state index in [0.717, 1.165) is 12.5 Å². The Kier molecular flexibility index (Phi) is 3.54. The van der Waals surface area contributed by atoms with E-state index in [1.807, 2.05) is 0 Å². The molecule has 1 aromatic carbocycles. The molecule has 0 aromatic heterocycles. The van der Waals surface area contributed by atoms with Crippen molar-refractivity contribution in [2.75, 3.05) is 37.8 Å². The van der Waals surface area contributed by atoms with Gasteiger partial charge in [-0.2, -0.15) is 0 Å². The largest absolute Gasteiger partial charge is 0.374 e. The summed E-state index contributed by atoms with van der Waals surface area (Å²) >= 11 is 1.79. The smallest absolute Gasteiger partial charge is 0.0364 e. The summed E-state index contributed by atoms with van der Waals surface area (Å²) in [7, 11) is 2.17. The highest BCUT2D eigenvalue weighted by Gasteiger charge is 2.18. The molecule has 0 unspecified atom stereocenters. The minimum Gasteiger partial charge on any atom is -0.374 e. The maximum atomic E-state index is 3.31. The average Bonchev–Trinajstić information content (AvgIpc) is 2.23. The predicted molar refractivity (Wildman–Crippen MR) is 67.9 cm³/mol. The first-order valence-electron chi connectivity index (χ1n) is 5.35. The van der Waals surface area contributed by atoms with Gasteiger partial charge in [0, 0.05) is 43.2 Å². The SMILES string of the molecule is CSc1ccc(N(C)CC2CNC2)cc1. The van der Waals surface area contributed by atoms with Gasteiger partial charge in [0.2, 0.25) is 0 Å². The van der Waals surface area contributed by atoms with Gasteiger partial charge >= 0.3 is 0 Å². The molecule has 1 fully saturated rings. The molecule has 2 rings (SSSR count). The van der Waals surface area contributed by atoms with Crippen molar-refractivity contribution in [1.29, 1.82) is 0 Å². The summed E-state index contributed by atoms with van der Waals surface area (Å²) in [6.07, 6.45) is 2.11. The lowest BCUT2D eigenvalue weighted by Crippen LogP contribution is -2.47. The van der Waals surface area contributed by atoms with Gasteiger partial charge < -0.3 is 10.2 Å². The van der Waals surface area contributed by atoms with Gasteiger partial charge in [0.25, 0.3) is 0 Å². The highest BCUT2D eigenvalue weighted by Crippen LogP contribution is 2.20. The van der Waals surface area contributed by atoms with Gasteiger partial charge in [-0.1, -0.05) is 0 Å². The van der Waals surface area contributed by atoms with Crippen molar-refractivity contribution in [1.82, 2.24) is 5.32 Å². The summed E-state index contributed by atoms with van der Waals surface area (Å²) in [4.78, 5) is 3.67. The molecule has 0 spiro atoms. The van der Waals surface area contributed by atoms with Crippen molar-refractivity contribution in [2.45, 2.75) is 4.90 Å². The number of anilines is 1. The van der Waals surface area contributed by atoms with Gasteiger partial charge in [-0.3, -0.25) is 0 Å². The molecule has 1 aromatic rings. The Balaban J connectivity index is 1.94. The Morgan fingerprint density at radius 1 is 1.33 bits per heavy atom. The van der Waals surface area contributed by atoms with E-state index >= 15 is 0 Å². The first-order valence-corrected chi connectivity index (χ1v) is 6.58. The zero-order chi connectivity index (χ0) is 10.7. The molecule has 1 saturated heterocycles. The zero-order valence-corrected chi connectivity index (χ0v) is 10.2. The molecule has 0 bridgehead atoms. The summed E-state index contributed by atoms with van der Waals surface area (Å²) < 4.78 is 0. The van der Waals surface area contributed by atoms with Crippen LogP contribution in [-0.2, 0) is 0 Å². The minimum absolute atomic E-state index is 0.829. The normalized spacial score (nSPS) is 16.1.